The molecule has 2 aromatic carbocycles. The maximum atomic E-state index is 12.2. The lowest BCUT2D eigenvalue weighted by atomic mass is 10.0. The molecular formula is C18H19NO4. The van der Waals surface area contributed by atoms with E-state index >= 15 is 0 Å². The second kappa shape index (κ2) is 7.56. The van der Waals surface area contributed by atoms with E-state index in [9.17, 15) is 14.7 Å². The maximum absolute atomic E-state index is 12.2. The first kappa shape index (κ1) is 16.7. The fourth-order valence-electron chi connectivity index (χ4n) is 2.01. The van der Waals surface area contributed by atoms with Gasteiger partial charge in [-0.05, 0) is 24.6 Å². The van der Waals surface area contributed by atoms with Crippen molar-refractivity contribution in [2.75, 3.05) is 6.61 Å². The van der Waals surface area contributed by atoms with E-state index in [1.807, 2.05) is 30.3 Å². The molecule has 23 heavy (non-hydrogen) atoms. The van der Waals surface area contributed by atoms with E-state index in [1.165, 1.54) is 6.92 Å². The van der Waals surface area contributed by atoms with Crippen molar-refractivity contribution in [3.05, 3.63) is 71.8 Å². The van der Waals surface area contributed by atoms with E-state index in [0.717, 1.165) is 5.56 Å². The van der Waals surface area contributed by atoms with Gasteiger partial charge in [0.15, 0.2) is 5.54 Å². The van der Waals surface area contributed by atoms with Gasteiger partial charge in [0.05, 0.1) is 13.2 Å². The number of hydrogen-bond donors (Lipinski definition) is 2. The molecule has 0 aliphatic heterocycles. The Hall–Kier alpha value is -2.66. The molecule has 0 saturated carbocycles. The van der Waals surface area contributed by atoms with Gasteiger partial charge in [-0.25, -0.2) is 4.79 Å². The SMILES string of the molecule is C[C@@](COCc1ccccc1)(NC(=O)c1ccccc1)C(=O)O. The summed E-state index contributed by atoms with van der Waals surface area (Å²) in [6.45, 7) is 1.59. The smallest absolute Gasteiger partial charge is 0.331 e. The van der Waals surface area contributed by atoms with Gasteiger partial charge in [0, 0.05) is 5.56 Å². The first-order valence-electron chi connectivity index (χ1n) is 7.24. The van der Waals surface area contributed by atoms with Crippen molar-refractivity contribution in [2.45, 2.75) is 19.1 Å². The number of aliphatic carboxylic acids is 1. The molecule has 0 unspecified atom stereocenters. The lowest BCUT2D eigenvalue weighted by molar-refractivity contribution is -0.146. The van der Waals surface area contributed by atoms with Crippen molar-refractivity contribution in [3.63, 3.8) is 0 Å². The quantitative estimate of drug-likeness (QED) is 0.823. The van der Waals surface area contributed by atoms with Gasteiger partial charge >= 0.3 is 5.97 Å². The average molecular weight is 313 g/mol. The lowest BCUT2D eigenvalue weighted by Crippen LogP contribution is -2.55. The van der Waals surface area contributed by atoms with Crippen LogP contribution >= 0.6 is 0 Å². The van der Waals surface area contributed by atoms with Gasteiger partial charge in [-0.1, -0.05) is 48.5 Å². The number of carbonyl (C=O) groups is 2. The highest BCUT2D eigenvalue weighted by molar-refractivity contribution is 5.97. The number of nitrogens with one attached hydrogen (secondary N) is 1. The first-order chi connectivity index (χ1) is 11.0. The summed E-state index contributed by atoms with van der Waals surface area (Å²) in [5.41, 5.74) is -0.153. The summed E-state index contributed by atoms with van der Waals surface area (Å²) in [6.07, 6.45) is 0. The van der Waals surface area contributed by atoms with Gasteiger partial charge in [-0.15, -0.1) is 0 Å². The van der Waals surface area contributed by atoms with Gasteiger partial charge in [-0.3, -0.25) is 4.79 Å². The Kier molecular flexibility index (Phi) is 5.49. The van der Waals surface area contributed by atoms with Crippen LogP contribution in [-0.2, 0) is 16.1 Å². The van der Waals surface area contributed by atoms with Crippen LogP contribution in [0.2, 0.25) is 0 Å². The van der Waals surface area contributed by atoms with Crippen LogP contribution in [0.25, 0.3) is 0 Å². The molecule has 2 aromatic rings. The second-order valence-electron chi connectivity index (χ2n) is 5.44. The lowest BCUT2D eigenvalue weighted by Gasteiger charge is -2.26. The third kappa shape index (κ3) is 4.66. The molecular weight excluding hydrogens is 294 g/mol. The number of hydrogen-bond acceptors (Lipinski definition) is 3. The average Bonchev–Trinajstić information content (AvgIpc) is 2.56. The number of benzene rings is 2. The predicted octanol–water partition coefficient (Wildman–Crippen LogP) is 2.48. The van der Waals surface area contributed by atoms with Crippen LogP contribution < -0.4 is 5.32 Å². The minimum absolute atomic E-state index is 0.129. The molecule has 1 atom stereocenters. The van der Waals surface area contributed by atoms with Crippen molar-refractivity contribution >= 4 is 11.9 Å². The Balaban J connectivity index is 1.98. The van der Waals surface area contributed by atoms with Crippen molar-refractivity contribution in [1.82, 2.24) is 5.32 Å². The van der Waals surface area contributed by atoms with Crippen LogP contribution in [0.1, 0.15) is 22.8 Å². The third-order valence-corrected chi connectivity index (χ3v) is 3.40. The summed E-state index contributed by atoms with van der Waals surface area (Å²) in [7, 11) is 0. The van der Waals surface area contributed by atoms with Crippen LogP contribution in [0.15, 0.2) is 60.7 Å². The van der Waals surface area contributed by atoms with E-state index in [2.05, 4.69) is 5.32 Å². The van der Waals surface area contributed by atoms with Crippen LogP contribution in [0.4, 0.5) is 0 Å². The number of amides is 1. The molecule has 5 nitrogen and oxygen atoms in total. The monoisotopic (exact) mass is 313 g/mol. The van der Waals surface area contributed by atoms with Crippen molar-refractivity contribution in [2.24, 2.45) is 0 Å². The highest BCUT2D eigenvalue weighted by Gasteiger charge is 2.35. The Morgan fingerprint density at radius 2 is 1.61 bits per heavy atom. The molecule has 2 N–H and O–H groups in total. The van der Waals surface area contributed by atoms with Gasteiger partial charge in [0.25, 0.3) is 5.91 Å². The van der Waals surface area contributed by atoms with E-state index in [1.54, 1.807) is 30.3 Å². The van der Waals surface area contributed by atoms with Gasteiger partial charge in [-0.2, -0.15) is 0 Å². The fourth-order valence-corrected chi connectivity index (χ4v) is 2.01. The molecule has 1 amide bonds. The highest BCUT2D eigenvalue weighted by atomic mass is 16.5. The molecule has 0 aliphatic rings. The van der Waals surface area contributed by atoms with Crippen LogP contribution in [0, 0.1) is 0 Å². The molecule has 0 radical (unpaired) electrons. The molecule has 0 aromatic heterocycles. The third-order valence-electron chi connectivity index (χ3n) is 3.40. The summed E-state index contributed by atoms with van der Waals surface area (Å²) >= 11 is 0. The molecule has 5 heteroatoms. The molecule has 2 rings (SSSR count). The summed E-state index contributed by atoms with van der Waals surface area (Å²) in [5.74, 6) is -1.59. The number of rotatable bonds is 7. The molecule has 0 spiro atoms. The molecule has 0 saturated heterocycles. The topological polar surface area (TPSA) is 75.6 Å². The molecule has 0 bridgehead atoms. The van der Waals surface area contributed by atoms with Crippen molar-refractivity contribution in [3.8, 4) is 0 Å². The zero-order valence-corrected chi connectivity index (χ0v) is 12.9. The van der Waals surface area contributed by atoms with E-state index in [-0.39, 0.29) is 13.2 Å². The summed E-state index contributed by atoms with van der Waals surface area (Å²) in [4.78, 5) is 23.7. The van der Waals surface area contributed by atoms with Gasteiger partial charge < -0.3 is 15.2 Å². The Bertz CT molecular complexity index is 657. The predicted molar refractivity (Wildman–Crippen MR) is 86.0 cm³/mol. The van der Waals surface area contributed by atoms with Crippen LogP contribution in [0.5, 0.6) is 0 Å². The second-order valence-corrected chi connectivity index (χ2v) is 5.44. The Morgan fingerprint density at radius 3 is 2.17 bits per heavy atom. The summed E-state index contributed by atoms with van der Waals surface area (Å²) in [6, 6.07) is 17.9. The zero-order valence-electron chi connectivity index (χ0n) is 12.9. The van der Waals surface area contributed by atoms with Crippen LogP contribution in [0.3, 0.4) is 0 Å². The normalized spacial score (nSPS) is 13.1. The van der Waals surface area contributed by atoms with Crippen molar-refractivity contribution in [1.29, 1.82) is 0 Å². The molecule has 0 fully saturated rings. The molecule has 120 valence electrons. The standard InChI is InChI=1S/C18H19NO4/c1-18(17(21)22,13-23-12-14-8-4-2-5-9-14)19-16(20)15-10-6-3-7-11-15/h2-11H,12-13H2,1H3,(H,19,20)(H,21,22)/t18-/m0/s1. The maximum Gasteiger partial charge on any atom is 0.331 e. The minimum Gasteiger partial charge on any atom is -0.479 e. The molecule has 0 heterocycles. The van der Waals surface area contributed by atoms with Crippen molar-refractivity contribution < 1.29 is 19.4 Å². The summed E-state index contributed by atoms with van der Waals surface area (Å²) in [5, 5.41) is 12.0. The van der Waals surface area contributed by atoms with E-state index in [0.29, 0.717) is 5.56 Å². The van der Waals surface area contributed by atoms with Gasteiger partial charge in [0.1, 0.15) is 0 Å². The van der Waals surface area contributed by atoms with Crippen LogP contribution in [-0.4, -0.2) is 29.1 Å². The minimum atomic E-state index is -1.50. The number of carboxylic acids is 1. The number of carboxylic acid groups (broad SMARTS) is 1. The molecule has 0 aliphatic carbocycles. The Morgan fingerprint density at radius 1 is 1.04 bits per heavy atom. The van der Waals surface area contributed by atoms with E-state index < -0.39 is 17.4 Å². The highest BCUT2D eigenvalue weighted by Crippen LogP contribution is 2.10. The van der Waals surface area contributed by atoms with E-state index in [4.69, 9.17) is 4.74 Å². The fraction of sp³-hybridized carbons (Fsp3) is 0.222. The number of carbonyl (C=O) groups excluding carboxylic acids is 1. The largest absolute Gasteiger partial charge is 0.479 e. The van der Waals surface area contributed by atoms with Gasteiger partial charge in [0.2, 0.25) is 0 Å². The first-order valence-corrected chi connectivity index (χ1v) is 7.24. The number of ether oxygens (including phenoxy) is 1. The summed E-state index contributed by atoms with van der Waals surface area (Å²) < 4.78 is 5.49. The zero-order chi connectivity index (χ0) is 16.7. The Labute approximate surface area is 134 Å².